The van der Waals surface area contributed by atoms with Gasteiger partial charge < -0.3 is 10.1 Å². The van der Waals surface area contributed by atoms with Crippen LogP contribution in [0.15, 0.2) is 0 Å². The third-order valence-corrected chi connectivity index (χ3v) is 3.93. The van der Waals surface area contributed by atoms with Gasteiger partial charge in [-0.05, 0) is 26.2 Å². The van der Waals surface area contributed by atoms with Gasteiger partial charge in [-0.25, -0.2) is 4.79 Å². The van der Waals surface area contributed by atoms with E-state index in [1.165, 1.54) is 11.3 Å². The molecule has 7 heteroatoms. The number of amides is 2. The lowest BCUT2D eigenvalue weighted by molar-refractivity contribution is 0.0868. The topological polar surface area (TPSA) is 76.1 Å². The molecule has 0 unspecified atom stereocenters. The fourth-order valence-corrected chi connectivity index (χ4v) is 2.89. The number of nitrogens with one attached hydrogen (secondary N) is 2. The number of hydrogen-bond acceptors (Lipinski definition) is 5. The van der Waals surface area contributed by atoms with Crippen LogP contribution in [0.4, 0.5) is 9.93 Å². The standard InChI is InChI=1S/C12H20N4O2S/c1-3-5-10-15-16-12(19-10)14-11(17)13-8(2)9-6-4-7-18-9/h8-9H,3-7H2,1-2H3,(H2,13,14,16,17)/t8-,9-/m1/s1. The summed E-state index contributed by atoms with van der Waals surface area (Å²) >= 11 is 1.42. The Morgan fingerprint density at radius 2 is 2.42 bits per heavy atom. The average Bonchev–Trinajstić information content (AvgIpc) is 3.00. The van der Waals surface area contributed by atoms with Crippen LogP contribution in [-0.2, 0) is 11.2 Å². The van der Waals surface area contributed by atoms with Crippen LogP contribution in [0.5, 0.6) is 0 Å². The smallest absolute Gasteiger partial charge is 0.321 e. The molecule has 2 rings (SSSR count). The molecule has 0 spiro atoms. The van der Waals surface area contributed by atoms with Crippen LogP contribution in [0.3, 0.4) is 0 Å². The van der Waals surface area contributed by atoms with E-state index in [1.54, 1.807) is 0 Å². The molecular weight excluding hydrogens is 264 g/mol. The van der Waals surface area contributed by atoms with E-state index in [4.69, 9.17) is 4.74 Å². The average molecular weight is 284 g/mol. The first-order valence-electron chi connectivity index (χ1n) is 6.70. The van der Waals surface area contributed by atoms with E-state index >= 15 is 0 Å². The summed E-state index contributed by atoms with van der Waals surface area (Å²) in [7, 11) is 0. The fraction of sp³-hybridized carbons (Fsp3) is 0.750. The number of urea groups is 1. The summed E-state index contributed by atoms with van der Waals surface area (Å²) in [4.78, 5) is 11.8. The van der Waals surface area contributed by atoms with Gasteiger partial charge in [0.05, 0.1) is 12.1 Å². The van der Waals surface area contributed by atoms with Gasteiger partial charge in [-0.1, -0.05) is 18.3 Å². The molecule has 0 aromatic carbocycles. The van der Waals surface area contributed by atoms with E-state index in [0.717, 1.165) is 37.3 Å². The van der Waals surface area contributed by atoms with Gasteiger partial charge in [0, 0.05) is 13.0 Å². The van der Waals surface area contributed by atoms with Gasteiger partial charge in [-0.3, -0.25) is 5.32 Å². The highest BCUT2D eigenvalue weighted by Gasteiger charge is 2.23. The highest BCUT2D eigenvalue weighted by Crippen LogP contribution is 2.17. The zero-order valence-electron chi connectivity index (χ0n) is 11.3. The zero-order valence-corrected chi connectivity index (χ0v) is 12.1. The Kier molecular flexibility index (Phi) is 5.09. The molecule has 1 aromatic rings. The van der Waals surface area contributed by atoms with E-state index in [0.29, 0.717) is 5.13 Å². The molecule has 2 atom stereocenters. The Bertz CT molecular complexity index is 418. The molecule has 0 radical (unpaired) electrons. The van der Waals surface area contributed by atoms with Crippen molar-refractivity contribution in [3.63, 3.8) is 0 Å². The van der Waals surface area contributed by atoms with Gasteiger partial charge in [0.15, 0.2) is 0 Å². The molecule has 1 aromatic heterocycles. The molecular formula is C12H20N4O2S. The summed E-state index contributed by atoms with van der Waals surface area (Å²) in [5.41, 5.74) is 0. The van der Waals surface area contributed by atoms with Crippen LogP contribution in [0.2, 0.25) is 0 Å². The van der Waals surface area contributed by atoms with E-state index in [1.807, 2.05) is 6.92 Å². The Balaban J connectivity index is 1.79. The number of carbonyl (C=O) groups is 1. The van der Waals surface area contributed by atoms with E-state index < -0.39 is 0 Å². The summed E-state index contributed by atoms with van der Waals surface area (Å²) < 4.78 is 5.53. The molecule has 1 aliphatic heterocycles. The van der Waals surface area contributed by atoms with Crippen molar-refractivity contribution in [1.82, 2.24) is 15.5 Å². The third-order valence-electron chi connectivity index (χ3n) is 3.03. The van der Waals surface area contributed by atoms with Crippen molar-refractivity contribution in [3.8, 4) is 0 Å². The Labute approximate surface area is 116 Å². The van der Waals surface area contributed by atoms with E-state index in [2.05, 4.69) is 27.8 Å². The summed E-state index contributed by atoms with van der Waals surface area (Å²) in [6, 6.07) is -0.243. The maximum absolute atomic E-state index is 11.8. The molecule has 2 amide bonds. The highest BCUT2D eigenvalue weighted by molar-refractivity contribution is 7.15. The van der Waals surface area contributed by atoms with Crippen molar-refractivity contribution >= 4 is 22.5 Å². The van der Waals surface area contributed by atoms with E-state index in [9.17, 15) is 4.79 Å². The number of aromatic nitrogens is 2. The molecule has 19 heavy (non-hydrogen) atoms. The second kappa shape index (κ2) is 6.81. The molecule has 2 heterocycles. The summed E-state index contributed by atoms with van der Waals surface area (Å²) in [5.74, 6) is 0. The zero-order chi connectivity index (χ0) is 13.7. The number of anilines is 1. The summed E-state index contributed by atoms with van der Waals surface area (Å²) in [6.07, 6.45) is 4.11. The maximum Gasteiger partial charge on any atom is 0.321 e. The van der Waals surface area contributed by atoms with Crippen molar-refractivity contribution in [2.45, 2.75) is 51.7 Å². The monoisotopic (exact) mass is 284 g/mol. The molecule has 0 saturated carbocycles. The Morgan fingerprint density at radius 3 is 3.11 bits per heavy atom. The first kappa shape index (κ1) is 14.2. The highest BCUT2D eigenvalue weighted by atomic mass is 32.1. The van der Waals surface area contributed by atoms with Gasteiger partial charge in [0.25, 0.3) is 0 Å². The predicted octanol–water partition coefficient (Wildman–Crippen LogP) is 2.18. The summed E-state index contributed by atoms with van der Waals surface area (Å²) in [6.45, 7) is 4.83. The molecule has 0 aliphatic carbocycles. The quantitative estimate of drug-likeness (QED) is 0.869. The van der Waals surface area contributed by atoms with Gasteiger partial charge in [-0.2, -0.15) is 0 Å². The maximum atomic E-state index is 11.8. The molecule has 0 bridgehead atoms. The molecule has 1 aliphatic rings. The van der Waals surface area contributed by atoms with Crippen molar-refractivity contribution in [2.24, 2.45) is 0 Å². The molecule has 2 N–H and O–H groups in total. The van der Waals surface area contributed by atoms with Crippen LogP contribution < -0.4 is 10.6 Å². The van der Waals surface area contributed by atoms with Crippen molar-refractivity contribution in [1.29, 1.82) is 0 Å². The largest absolute Gasteiger partial charge is 0.376 e. The minimum absolute atomic E-state index is 0.00512. The van der Waals surface area contributed by atoms with Crippen LogP contribution in [0.25, 0.3) is 0 Å². The van der Waals surface area contributed by atoms with Gasteiger partial charge in [-0.15, -0.1) is 10.2 Å². The van der Waals surface area contributed by atoms with Crippen molar-refractivity contribution in [2.75, 3.05) is 11.9 Å². The second-order valence-electron chi connectivity index (χ2n) is 4.69. The number of ether oxygens (including phenoxy) is 1. The van der Waals surface area contributed by atoms with Crippen LogP contribution in [-0.4, -0.2) is 35.0 Å². The lowest BCUT2D eigenvalue weighted by Gasteiger charge is -2.19. The number of rotatable bonds is 5. The van der Waals surface area contributed by atoms with Gasteiger partial charge in [0.2, 0.25) is 5.13 Å². The molecule has 6 nitrogen and oxygen atoms in total. The first-order valence-corrected chi connectivity index (χ1v) is 7.52. The predicted molar refractivity (Wildman–Crippen MR) is 74.5 cm³/mol. The second-order valence-corrected chi connectivity index (χ2v) is 5.75. The molecule has 106 valence electrons. The minimum atomic E-state index is -0.248. The SMILES string of the molecule is CCCc1nnc(NC(=O)N[C@H](C)[C@H]2CCCO2)s1. The first-order chi connectivity index (χ1) is 9.19. The van der Waals surface area contributed by atoms with Gasteiger partial charge in [0.1, 0.15) is 5.01 Å². The lowest BCUT2D eigenvalue weighted by atomic mass is 10.1. The lowest BCUT2D eigenvalue weighted by Crippen LogP contribution is -2.42. The third kappa shape index (κ3) is 4.14. The fourth-order valence-electron chi connectivity index (χ4n) is 2.05. The number of hydrogen-bond donors (Lipinski definition) is 2. The van der Waals surface area contributed by atoms with Crippen molar-refractivity contribution in [3.05, 3.63) is 5.01 Å². The minimum Gasteiger partial charge on any atom is -0.376 e. The number of carbonyl (C=O) groups excluding carboxylic acids is 1. The van der Waals surface area contributed by atoms with Crippen LogP contribution in [0, 0.1) is 0 Å². The van der Waals surface area contributed by atoms with Crippen LogP contribution >= 0.6 is 11.3 Å². The normalized spacial score (nSPS) is 20.2. The van der Waals surface area contributed by atoms with Crippen LogP contribution in [0.1, 0.15) is 38.1 Å². The summed E-state index contributed by atoms with van der Waals surface area (Å²) in [5, 5.41) is 15.0. The molecule has 1 saturated heterocycles. The van der Waals surface area contributed by atoms with Gasteiger partial charge >= 0.3 is 6.03 Å². The Hall–Kier alpha value is -1.21. The number of nitrogens with zero attached hydrogens (tertiary/aromatic N) is 2. The van der Waals surface area contributed by atoms with E-state index in [-0.39, 0.29) is 18.2 Å². The molecule has 1 fully saturated rings. The van der Waals surface area contributed by atoms with Crippen molar-refractivity contribution < 1.29 is 9.53 Å². The number of aryl methyl sites for hydroxylation is 1. The Morgan fingerprint density at radius 1 is 1.58 bits per heavy atom.